The number of nitrogens with zero attached hydrogens (tertiary/aromatic N) is 4. The zero-order valence-electron chi connectivity index (χ0n) is 13.7. The Bertz CT molecular complexity index is 994. The number of carbonyl (C=O) groups is 1. The van der Waals surface area contributed by atoms with Gasteiger partial charge in [0.15, 0.2) is 0 Å². The van der Waals surface area contributed by atoms with Crippen molar-refractivity contribution in [2.24, 2.45) is 0 Å². The number of nitrogens with one attached hydrogen (secondary N) is 1. The molecular weight excluding hydrogens is 346 g/mol. The molecule has 0 radical (unpaired) electrons. The number of aromatic nitrogens is 4. The number of amides is 1. The molecule has 128 valence electrons. The summed E-state index contributed by atoms with van der Waals surface area (Å²) in [6.07, 6.45) is 5.17. The second kappa shape index (κ2) is 7.28. The lowest BCUT2D eigenvalue weighted by Gasteiger charge is -2.04. The molecule has 7 heteroatoms. The van der Waals surface area contributed by atoms with Crippen LogP contribution in [-0.2, 0) is 6.54 Å². The van der Waals surface area contributed by atoms with Gasteiger partial charge in [-0.05, 0) is 52.2 Å². The van der Waals surface area contributed by atoms with Crippen molar-refractivity contribution in [2.75, 3.05) is 0 Å². The summed E-state index contributed by atoms with van der Waals surface area (Å²) in [6.45, 7) is 0.311. The van der Waals surface area contributed by atoms with Gasteiger partial charge in [0.2, 0.25) is 0 Å². The quantitative estimate of drug-likeness (QED) is 0.592. The average Bonchev–Trinajstić information content (AvgIpc) is 3.39. The van der Waals surface area contributed by atoms with Crippen LogP contribution >= 0.6 is 11.3 Å². The van der Waals surface area contributed by atoms with E-state index in [1.165, 1.54) is 0 Å². The van der Waals surface area contributed by atoms with Crippen molar-refractivity contribution < 1.29 is 4.79 Å². The molecule has 0 unspecified atom stereocenters. The Hall–Kier alpha value is -3.32. The van der Waals surface area contributed by atoms with Gasteiger partial charge in [-0.2, -0.15) is 11.3 Å². The third-order valence-electron chi connectivity index (χ3n) is 3.88. The highest BCUT2D eigenvalue weighted by atomic mass is 32.1. The molecule has 6 nitrogen and oxygen atoms in total. The summed E-state index contributed by atoms with van der Waals surface area (Å²) in [7, 11) is 0. The highest BCUT2D eigenvalue weighted by Gasteiger charge is 2.08. The Morgan fingerprint density at radius 1 is 1.12 bits per heavy atom. The van der Waals surface area contributed by atoms with Crippen LogP contribution in [0.25, 0.3) is 16.8 Å². The van der Waals surface area contributed by atoms with E-state index < -0.39 is 0 Å². The van der Waals surface area contributed by atoms with E-state index in [2.05, 4.69) is 32.1 Å². The molecule has 0 bridgehead atoms. The minimum Gasteiger partial charge on any atom is -0.346 e. The lowest BCUT2D eigenvalue weighted by atomic mass is 10.1. The fraction of sp³-hybridized carbons (Fsp3) is 0.0526. The van der Waals surface area contributed by atoms with Gasteiger partial charge < -0.3 is 5.32 Å². The number of thiophene rings is 1. The van der Waals surface area contributed by atoms with Crippen LogP contribution in [0.3, 0.4) is 0 Å². The molecule has 0 atom stereocenters. The summed E-state index contributed by atoms with van der Waals surface area (Å²) in [5, 5.41) is 15.1. The van der Waals surface area contributed by atoms with E-state index in [4.69, 9.17) is 0 Å². The first-order chi connectivity index (χ1) is 12.8. The maximum absolute atomic E-state index is 12.3. The van der Waals surface area contributed by atoms with E-state index in [9.17, 15) is 4.79 Å². The molecular formula is C19H15N5OS. The summed E-state index contributed by atoms with van der Waals surface area (Å²) in [5.74, 6) is -0.141. The highest BCUT2D eigenvalue weighted by Crippen LogP contribution is 2.22. The van der Waals surface area contributed by atoms with E-state index >= 15 is 0 Å². The minimum atomic E-state index is -0.141. The maximum atomic E-state index is 12.3. The van der Waals surface area contributed by atoms with Crippen LogP contribution in [0.5, 0.6) is 0 Å². The molecule has 3 heterocycles. The normalized spacial score (nSPS) is 10.6. The zero-order valence-corrected chi connectivity index (χ0v) is 14.6. The Kier molecular flexibility index (Phi) is 4.53. The second-order valence-electron chi connectivity index (χ2n) is 5.64. The van der Waals surface area contributed by atoms with Gasteiger partial charge in [-0.3, -0.25) is 9.78 Å². The number of carbonyl (C=O) groups excluding carboxylic acids is 1. The van der Waals surface area contributed by atoms with E-state index in [1.54, 1.807) is 34.6 Å². The van der Waals surface area contributed by atoms with Gasteiger partial charge in [-0.1, -0.05) is 17.3 Å². The van der Waals surface area contributed by atoms with Gasteiger partial charge in [0.1, 0.15) is 5.69 Å². The Morgan fingerprint density at radius 3 is 2.73 bits per heavy atom. The number of rotatable bonds is 5. The van der Waals surface area contributed by atoms with Crippen LogP contribution < -0.4 is 5.32 Å². The molecule has 0 aliphatic carbocycles. The van der Waals surface area contributed by atoms with Crippen molar-refractivity contribution in [2.45, 2.75) is 6.54 Å². The Morgan fingerprint density at radius 2 is 2.00 bits per heavy atom. The molecule has 0 fully saturated rings. The van der Waals surface area contributed by atoms with Gasteiger partial charge >= 0.3 is 0 Å². The first-order valence-electron chi connectivity index (χ1n) is 8.02. The van der Waals surface area contributed by atoms with E-state index in [0.717, 1.165) is 16.8 Å². The average molecular weight is 361 g/mol. The van der Waals surface area contributed by atoms with Gasteiger partial charge in [0.25, 0.3) is 5.91 Å². The van der Waals surface area contributed by atoms with Crippen LogP contribution in [0.4, 0.5) is 0 Å². The topological polar surface area (TPSA) is 72.7 Å². The van der Waals surface area contributed by atoms with Gasteiger partial charge in [-0.25, -0.2) is 4.68 Å². The Balaban J connectivity index is 1.39. The monoisotopic (exact) mass is 361 g/mol. The molecule has 4 rings (SSSR count). The van der Waals surface area contributed by atoms with E-state index in [-0.39, 0.29) is 5.91 Å². The number of benzene rings is 1. The van der Waals surface area contributed by atoms with Crippen molar-refractivity contribution in [1.29, 1.82) is 0 Å². The molecule has 0 aliphatic heterocycles. The third-order valence-corrected chi connectivity index (χ3v) is 4.57. The molecule has 1 amide bonds. The molecule has 3 aromatic heterocycles. The lowest BCUT2D eigenvalue weighted by Crippen LogP contribution is -2.22. The van der Waals surface area contributed by atoms with Crippen LogP contribution in [0, 0.1) is 0 Å². The summed E-state index contributed by atoms with van der Waals surface area (Å²) in [6, 6.07) is 13.3. The predicted molar refractivity (Wildman–Crippen MR) is 100 cm³/mol. The summed E-state index contributed by atoms with van der Waals surface area (Å²) in [5.41, 5.74) is 4.37. The van der Waals surface area contributed by atoms with Crippen LogP contribution in [0.2, 0.25) is 0 Å². The lowest BCUT2D eigenvalue weighted by molar-refractivity contribution is 0.0950. The first-order valence-corrected chi connectivity index (χ1v) is 8.96. The van der Waals surface area contributed by atoms with E-state index in [0.29, 0.717) is 17.8 Å². The summed E-state index contributed by atoms with van der Waals surface area (Å²) >= 11 is 1.65. The standard InChI is InChI=1S/C19H15N5OS/c25-19(15-5-3-14(4-6-15)16-7-9-26-13-16)21-10-17-12-24(23-22-17)18-2-1-8-20-11-18/h1-9,11-13H,10H2,(H,21,25). The fourth-order valence-electron chi connectivity index (χ4n) is 2.51. The van der Waals surface area contributed by atoms with Crippen molar-refractivity contribution in [1.82, 2.24) is 25.3 Å². The minimum absolute atomic E-state index is 0.141. The van der Waals surface area contributed by atoms with Gasteiger partial charge in [0, 0.05) is 11.8 Å². The largest absolute Gasteiger partial charge is 0.346 e. The first kappa shape index (κ1) is 16.2. The number of pyridine rings is 1. The van der Waals surface area contributed by atoms with Crippen LogP contribution in [-0.4, -0.2) is 25.9 Å². The summed E-state index contributed by atoms with van der Waals surface area (Å²) in [4.78, 5) is 16.4. The highest BCUT2D eigenvalue weighted by molar-refractivity contribution is 7.08. The van der Waals surface area contributed by atoms with Gasteiger partial charge in [0.05, 0.1) is 24.6 Å². The van der Waals surface area contributed by atoms with Crippen molar-refractivity contribution >= 4 is 17.2 Å². The van der Waals surface area contributed by atoms with Crippen molar-refractivity contribution in [3.8, 4) is 16.8 Å². The Labute approximate surface area is 154 Å². The molecule has 0 saturated carbocycles. The summed E-state index contributed by atoms with van der Waals surface area (Å²) < 4.78 is 1.63. The van der Waals surface area contributed by atoms with Crippen molar-refractivity contribution in [3.05, 3.63) is 83.1 Å². The molecule has 0 aliphatic rings. The van der Waals surface area contributed by atoms with Crippen molar-refractivity contribution in [3.63, 3.8) is 0 Å². The predicted octanol–water partition coefficient (Wildman–Crippen LogP) is 3.32. The molecule has 0 spiro atoms. The molecule has 1 aromatic carbocycles. The molecule has 1 N–H and O–H groups in total. The van der Waals surface area contributed by atoms with E-state index in [1.807, 2.05) is 41.8 Å². The zero-order chi connectivity index (χ0) is 17.8. The fourth-order valence-corrected chi connectivity index (χ4v) is 3.18. The van der Waals surface area contributed by atoms with Crippen LogP contribution in [0.15, 0.2) is 71.8 Å². The molecule has 26 heavy (non-hydrogen) atoms. The molecule has 4 aromatic rings. The molecule has 0 saturated heterocycles. The smallest absolute Gasteiger partial charge is 0.251 e. The SMILES string of the molecule is O=C(NCc1cn(-c2cccnc2)nn1)c1ccc(-c2ccsc2)cc1. The maximum Gasteiger partial charge on any atom is 0.251 e. The van der Waals surface area contributed by atoms with Crippen LogP contribution in [0.1, 0.15) is 16.1 Å². The van der Waals surface area contributed by atoms with Gasteiger partial charge in [-0.15, -0.1) is 5.10 Å². The third kappa shape index (κ3) is 3.52. The second-order valence-corrected chi connectivity index (χ2v) is 6.42. The number of hydrogen-bond acceptors (Lipinski definition) is 5. The number of hydrogen-bond donors (Lipinski definition) is 1.